The molecule has 0 bridgehead atoms. The maximum Gasteiger partial charge on any atom is 0.304 e. The highest BCUT2D eigenvalue weighted by atomic mass is 16.4. The van der Waals surface area contributed by atoms with Gasteiger partial charge in [0.2, 0.25) is 5.91 Å². The molecule has 1 aliphatic rings. The Morgan fingerprint density at radius 1 is 1.19 bits per heavy atom. The first-order chi connectivity index (χ1) is 9.79. The lowest BCUT2D eigenvalue weighted by Crippen LogP contribution is -2.45. The summed E-state index contributed by atoms with van der Waals surface area (Å²) in [6.07, 6.45) is 2.01. The van der Waals surface area contributed by atoms with Gasteiger partial charge >= 0.3 is 5.97 Å². The molecule has 0 aromatic carbocycles. The highest BCUT2D eigenvalue weighted by molar-refractivity contribution is 5.78. The second-order valence-corrected chi connectivity index (χ2v) is 6.95. The van der Waals surface area contributed by atoms with E-state index in [-0.39, 0.29) is 18.4 Å². The van der Waals surface area contributed by atoms with Crippen LogP contribution >= 0.6 is 0 Å². The number of aliphatic carboxylic acids is 1. The monoisotopic (exact) mass is 298 g/mol. The van der Waals surface area contributed by atoms with Gasteiger partial charge in [0, 0.05) is 19.1 Å². The molecule has 122 valence electrons. The molecule has 1 rings (SSSR count). The van der Waals surface area contributed by atoms with Crippen LogP contribution in [0.25, 0.3) is 0 Å². The van der Waals surface area contributed by atoms with Gasteiger partial charge in [-0.1, -0.05) is 27.7 Å². The Bertz CT molecular complexity index is 345. The number of amides is 1. The average Bonchev–Trinajstić information content (AvgIpc) is 2.73. The van der Waals surface area contributed by atoms with Crippen molar-refractivity contribution in [2.75, 3.05) is 26.2 Å². The molecule has 1 aliphatic heterocycles. The van der Waals surface area contributed by atoms with Gasteiger partial charge in [0.25, 0.3) is 0 Å². The molecule has 1 atom stereocenters. The Balaban J connectivity index is 2.60. The topological polar surface area (TPSA) is 60.9 Å². The molecule has 1 amide bonds. The summed E-state index contributed by atoms with van der Waals surface area (Å²) in [4.78, 5) is 27.4. The third kappa shape index (κ3) is 6.46. The van der Waals surface area contributed by atoms with Gasteiger partial charge in [-0.2, -0.15) is 0 Å². The average molecular weight is 298 g/mol. The molecule has 0 saturated carbocycles. The standard InChI is InChI=1S/C16H30N2O3/c1-12(2)9-18(10-13(3)4)15(19)11-17-7-5-6-14(17)8-16(20)21/h12-14H,5-11H2,1-4H3,(H,20,21). The van der Waals surface area contributed by atoms with Crippen LogP contribution in [0.4, 0.5) is 0 Å². The van der Waals surface area contributed by atoms with E-state index >= 15 is 0 Å². The molecule has 5 heteroatoms. The van der Waals surface area contributed by atoms with Crippen LogP contribution in [0.1, 0.15) is 47.0 Å². The van der Waals surface area contributed by atoms with Crippen LogP contribution in [0.3, 0.4) is 0 Å². The van der Waals surface area contributed by atoms with E-state index in [1.165, 1.54) is 0 Å². The summed E-state index contributed by atoms with van der Waals surface area (Å²) in [5.74, 6) is 0.248. The quantitative estimate of drug-likeness (QED) is 0.745. The van der Waals surface area contributed by atoms with Crippen molar-refractivity contribution in [3.63, 3.8) is 0 Å². The highest BCUT2D eigenvalue weighted by Crippen LogP contribution is 2.20. The summed E-state index contributed by atoms with van der Waals surface area (Å²) >= 11 is 0. The Morgan fingerprint density at radius 3 is 2.24 bits per heavy atom. The Labute approximate surface area is 128 Å². The van der Waals surface area contributed by atoms with E-state index in [0.29, 0.717) is 18.4 Å². The Morgan fingerprint density at radius 2 is 1.76 bits per heavy atom. The number of carbonyl (C=O) groups is 2. The number of hydrogen-bond acceptors (Lipinski definition) is 3. The third-order valence-corrected chi connectivity index (χ3v) is 3.77. The molecule has 1 fully saturated rings. The van der Waals surface area contributed by atoms with E-state index in [2.05, 4.69) is 27.7 Å². The zero-order chi connectivity index (χ0) is 16.0. The van der Waals surface area contributed by atoms with Gasteiger partial charge in [0.15, 0.2) is 0 Å². The Hall–Kier alpha value is -1.10. The first kappa shape index (κ1) is 18.0. The van der Waals surface area contributed by atoms with Crippen molar-refractivity contribution >= 4 is 11.9 Å². The predicted molar refractivity (Wildman–Crippen MR) is 83.1 cm³/mol. The number of likely N-dealkylation sites (tertiary alicyclic amines) is 1. The molecule has 1 unspecified atom stereocenters. The van der Waals surface area contributed by atoms with Gasteiger partial charge in [-0.05, 0) is 31.2 Å². The van der Waals surface area contributed by atoms with Gasteiger partial charge in [0.05, 0.1) is 13.0 Å². The summed E-state index contributed by atoms with van der Waals surface area (Å²) in [6, 6.07) is 0.0198. The van der Waals surface area contributed by atoms with E-state index in [0.717, 1.165) is 32.5 Å². The van der Waals surface area contributed by atoms with Crippen molar-refractivity contribution in [2.45, 2.75) is 53.0 Å². The molecular formula is C16H30N2O3. The van der Waals surface area contributed by atoms with Crippen LogP contribution in [-0.4, -0.2) is 59.0 Å². The van der Waals surface area contributed by atoms with Gasteiger partial charge < -0.3 is 10.0 Å². The largest absolute Gasteiger partial charge is 0.481 e. The van der Waals surface area contributed by atoms with E-state index in [4.69, 9.17) is 5.11 Å². The number of rotatable bonds is 8. The predicted octanol–water partition coefficient (Wildman–Crippen LogP) is 2.07. The summed E-state index contributed by atoms with van der Waals surface area (Å²) in [7, 11) is 0. The van der Waals surface area contributed by atoms with Crippen molar-refractivity contribution in [3.8, 4) is 0 Å². The van der Waals surface area contributed by atoms with Crippen LogP contribution in [0.5, 0.6) is 0 Å². The lowest BCUT2D eigenvalue weighted by atomic mass is 10.1. The molecule has 0 aromatic heterocycles. The number of hydrogen-bond donors (Lipinski definition) is 1. The fraction of sp³-hybridized carbons (Fsp3) is 0.875. The van der Waals surface area contributed by atoms with Crippen LogP contribution in [0.15, 0.2) is 0 Å². The minimum atomic E-state index is -0.777. The van der Waals surface area contributed by atoms with E-state index in [1.54, 1.807) is 0 Å². The maximum atomic E-state index is 12.5. The SMILES string of the molecule is CC(C)CN(CC(C)C)C(=O)CN1CCCC1CC(=O)O. The van der Waals surface area contributed by atoms with Crippen molar-refractivity contribution in [1.29, 1.82) is 0 Å². The molecule has 1 N–H and O–H groups in total. The molecule has 5 nitrogen and oxygen atoms in total. The van der Waals surface area contributed by atoms with Crippen LogP contribution in [0, 0.1) is 11.8 Å². The van der Waals surface area contributed by atoms with Gasteiger partial charge in [-0.25, -0.2) is 0 Å². The van der Waals surface area contributed by atoms with Gasteiger partial charge in [-0.3, -0.25) is 14.5 Å². The summed E-state index contributed by atoms with van der Waals surface area (Å²) in [5.41, 5.74) is 0. The number of carbonyl (C=O) groups excluding carboxylic acids is 1. The van der Waals surface area contributed by atoms with E-state index in [1.807, 2.05) is 9.80 Å². The lowest BCUT2D eigenvalue weighted by molar-refractivity contribution is -0.139. The summed E-state index contributed by atoms with van der Waals surface area (Å²) < 4.78 is 0. The number of nitrogens with zero attached hydrogens (tertiary/aromatic N) is 2. The van der Waals surface area contributed by atoms with Crippen molar-refractivity contribution in [2.24, 2.45) is 11.8 Å². The molecule has 1 heterocycles. The first-order valence-corrected chi connectivity index (χ1v) is 8.03. The molecule has 0 aliphatic carbocycles. The first-order valence-electron chi connectivity index (χ1n) is 8.03. The third-order valence-electron chi connectivity index (χ3n) is 3.77. The van der Waals surface area contributed by atoms with Crippen molar-refractivity contribution < 1.29 is 14.7 Å². The molecule has 21 heavy (non-hydrogen) atoms. The summed E-state index contributed by atoms with van der Waals surface area (Å²) in [6.45, 7) is 11.2. The summed E-state index contributed by atoms with van der Waals surface area (Å²) in [5, 5.41) is 8.95. The second-order valence-electron chi connectivity index (χ2n) is 6.95. The number of carboxylic acid groups (broad SMARTS) is 1. The molecule has 0 radical (unpaired) electrons. The van der Waals surface area contributed by atoms with Crippen LogP contribution in [0.2, 0.25) is 0 Å². The van der Waals surface area contributed by atoms with Gasteiger partial charge in [-0.15, -0.1) is 0 Å². The fourth-order valence-electron chi connectivity index (χ4n) is 2.97. The van der Waals surface area contributed by atoms with E-state index in [9.17, 15) is 9.59 Å². The molecule has 0 aromatic rings. The smallest absolute Gasteiger partial charge is 0.304 e. The van der Waals surface area contributed by atoms with Crippen LogP contribution < -0.4 is 0 Å². The maximum absolute atomic E-state index is 12.5. The highest BCUT2D eigenvalue weighted by Gasteiger charge is 2.29. The minimum Gasteiger partial charge on any atom is -0.481 e. The lowest BCUT2D eigenvalue weighted by Gasteiger charge is -2.30. The molecule has 0 spiro atoms. The zero-order valence-corrected chi connectivity index (χ0v) is 13.8. The fourth-order valence-corrected chi connectivity index (χ4v) is 2.97. The normalized spacial score (nSPS) is 19.4. The van der Waals surface area contributed by atoms with E-state index < -0.39 is 5.97 Å². The minimum absolute atomic E-state index is 0.0198. The van der Waals surface area contributed by atoms with Crippen LogP contribution in [-0.2, 0) is 9.59 Å². The molecule has 1 saturated heterocycles. The zero-order valence-electron chi connectivity index (χ0n) is 13.8. The second kappa shape index (κ2) is 8.37. The van der Waals surface area contributed by atoms with Crippen molar-refractivity contribution in [3.05, 3.63) is 0 Å². The number of carboxylic acids is 1. The molecular weight excluding hydrogens is 268 g/mol. The Kier molecular flexibility index (Phi) is 7.15. The van der Waals surface area contributed by atoms with Gasteiger partial charge in [0.1, 0.15) is 0 Å². The van der Waals surface area contributed by atoms with Crippen molar-refractivity contribution in [1.82, 2.24) is 9.80 Å².